The third kappa shape index (κ3) is 3.55. The van der Waals surface area contributed by atoms with Crippen molar-refractivity contribution in [3.8, 4) is 0 Å². The van der Waals surface area contributed by atoms with E-state index in [9.17, 15) is 9.90 Å². The fraction of sp³-hybridized carbons (Fsp3) is 0.556. The van der Waals surface area contributed by atoms with Crippen LogP contribution in [0.4, 0.5) is 5.82 Å². The summed E-state index contributed by atoms with van der Waals surface area (Å²) in [4.78, 5) is 24.0. The molecular formula is C18H24N6O2. The van der Waals surface area contributed by atoms with Crippen molar-refractivity contribution in [1.82, 2.24) is 25.1 Å². The Labute approximate surface area is 152 Å². The lowest BCUT2D eigenvalue weighted by Gasteiger charge is -2.19. The Kier molecular flexibility index (Phi) is 4.58. The van der Waals surface area contributed by atoms with E-state index in [-0.39, 0.29) is 5.91 Å². The van der Waals surface area contributed by atoms with Crippen LogP contribution in [-0.2, 0) is 12.8 Å². The topological polar surface area (TPSA) is 107 Å². The van der Waals surface area contributed by atoms with Crippen molar-refractivity contribution in [2.45, 2.75) is 44.6 Å². The van der Waals surface area contributed by atoms with Crippen LogP contribution in [0.15, 0.2) is 12.3 Å². The molecule has 0 saturated heterocycles. The molecule has 4 rings (SSSR count). The van der Waals surface area contributed by atoms with Crippen LogP contribution in [0.2, 0.25) is 0 Å². The highest BCUT2D eigenvalue weighted by atomic mass is 16.3. The SMILES string of the molecule is CC(O)CNc1nc(C2CC2)nc2c1CCN(C(=O)c1ccn[nH]1)CC2. The Hall–Kier alpha value is -2.48. The van der Waals surface area contributed by atoms with Crippen molar-refractivity contribution in [1.29, 1.82) is 0 Å². The van der Waals surface area contributed by atoms with Crippen LogP contribution in [0.5, 0.6) is 0 Å². The minimum absolute atomic E-state index is 0.0378. The van der Waals surface area contributed by atoms with E-state index in [1.54, 1.807) is 19.2 Å². The number of carbonyl (C=O) groups is 1. The number of aromatic amines is 1. The number of nitrogens with zero attached hydrogens (tertiary/aromatic N) is 4. The molecule has 2 aliphatic rings. The van der Waals surface area contributed by atoms with E-state index in [1.165, 1.54) is 0 Å². The lowest BCUT2D eigenvalue weighted by Crippen LogP contribution is -2.33. The predicted molar refractivity (Wildman–Crippen MR) is 96.1 cm³/mol. The van der Waals surface area contributed by atoms with E-state index in [2.05, 4.69) is 15.5 Å². The van der Waals surface area contributed by atoms with Gasteiger partial charge in [0, 0.05) is 43.7 Å². The van der Waals surface area contributed by atoms with Crippen LogP contribution >= 0.6 is 0 Å². The van der Waals surface area contributed by atoms with Crippen molar-refractivity contribution < 1.29 is 9.90 Å². The Morgan fingerprint density at radius 2 is 2.19 bits per heavy atom. The molecule has 1 atom stereocenters. The number of aliphatic hydroxyl groups excluding tert-OH is 1. The number of anilines is 1. The third-order valence-electron chi connectivity index (χ3n) is 4.89. The molecule has 26 heavy (non-hydrogen) atoms. The van der Waals surface area contributed by atoms with E-state index >= 15 is 0 Å². The van der Waals surface area contributed by atoms with Gasteiger partial charge in [0.2, 0.25) is 0 Å². The van der Waals surface area contributed by atoms with Gasteiger partial charge in [-0.05, 0) is 32.3 Å². The first-order valence-electron chi connectivity index (χ1n) is 9.22. The van der Waals surface area contributed by atoms with Gasteiger partial charge < -0.3 is 15.3 Å². The van der Waals surface area contributed by atoms with Gasteiger partial charge >= 0.3 is 0 Å². The Bertz CT molecular complexity index is 785. The van der Waals surface area contributed by atoms with E-state index in [0.717, 1.165) is 35.7 Å². The number of fused-ring (bicyclic) bond motifs is 1. The first-order chi connectivity index (χ1) is 12.6. The Balaban J connectivity index is 1.57. The number of H-pyrrole nitrogens is 1. The molecule has 1 fully saturated rings. The second kappa shape index (κ2) is 7.03. The molecule has 0 bridgehead atoms. The minimum atomic E-state index is -0.450. The fourth-order valence-corrected chi connectivity index (χ4v) is 3.28. The summed E-state index contributed by atoms with van der Waals surface area (Å²) in [6.07, 6.45) is 4.82. The second-order valence-electron chi connectivity index (χ2n) is 7.12. The normalized spacial score (nSPS) is 18.2. The molecule has 8 heteroatoms. The van der Waals surface area contributed by atoms with Gasteiger partial charge in [0.05, 0.1) is 11.8 Å². The highest BCUT2D eigenvalue weighted by Gasteiger charge is 2.30. The number of amides is 1. The zero-order chi connectivity index (χ0) is 18.1. The molecule has 138 valence electrons. The quantitative estimate of drug-likeness (QED) is 0.741. The van der Waals surface area contributed by atoms with Gasteiger partial charge in [-0.1, -0.05) is 0 Å². The van der Waals surface area contributed by atoms with Crippen LogP contribution in [0.25, 0.3) is 0 Å². The Morgan fingerprint density at radius 3 is 2.88 bits per heavy atom. The summed E-state index contributed by atoms with van der Waals surface area (Å²) in [5.41, 5.74) is 2.60. The number of aromatic nitrogens is 4. The van der Waals surface area contributed by atoms with Crippen molar-refractivity contribution in [2.24, 2.45) is 0 Å². The summed E-state index contributed by atoms with van der Waals surface area (Å²) in [5.74, 6) is 2.13. The molecule has 2 aromatic rings. The fourth-order valence-electron chi connectivity index (χ4n) is 3.28. The summed E-state index contributed by atoms with van der Waals surface area (Å²) in [5, 5.41) is 19.5. The van der Waals surface area contributed by atoms with Crippen molar-refractivity contribution in [3.63, 3.8) is 0 Å². The van der Waals surface area contributed by atoms with Gasteiger partial charge in [-0.3, -0.25) is 9.89 Å². The predicted octanol–water partition coefficient (Wildman–Crippen LogP) is 1.11. The summed E-state index contributed by atoms with van der Waals surface area (Å²) in [6, 6.07) is 1.70. The molecule has 0 radical (unpaired) electrons. The second-order valence-corrected chi connectivity index (χ2v) is 7.12. The molecule has 1 aliphatic carbocycles. The minimum Gasteiger partial charge on any atom is -0.392 e. The van der Waals surface area contributed by atoms with Crippen molar-refractivity contribution in [2.75, 3.05) is 25.0 Å². The molecule has 1 unspecified atom stereocenters. The lowest BCUT2D eigenvalue weighted by atomic mass is 10.1. The summed E-state index contributed by atoms with van der Waals surface area (Å²) < 4.78 is 0. The largest absolute Gasteiger partial charge is 0.392 e. The Morgan fingerprint density at radius 1 is 1.38 bits per heavy atom. The zero-order valence-electron chi connectivity index (χ0n) is 14.9. The van der Waals surface area contributed by atoms with Crippen molar-refractivity contribution in [3.05, 3.63) is 35.0 Å². The van der Waals surface area contributed by atoms with Gasteiger partial charge in [-0.2, -0.15) is 5.10 Å². The van der Waals surface area contributed by atoms with Crippen LogP contribution < -0.4 is 5.32 Å². The number of rotatable bonds is 5. The van der Waals surface area contributed by atoms with Gasteiger partial charge in [0.15, 0.2) is 0 Å². The number of nitrogens with one attached hydrogen (secondary N) is 2. The molecule has 0 spiro atoms. The van der Waals surface area contributed by atoms with Crippen molar-refractivity contribution >= 4 is 11.7 Å². The highest BCUT2D eigenvalue weighted by Crippen LogP contribution is 2.39. The molecule has 0 aromatic carbocycles. The highest BCUT2D eigenvalue weighted by molar-refractivity contribution is 5.92. The van der Waals surface area contributed by atoms with Crippen LogP contribution in [0.3, 0.4) is 0 Å². The molecule has 1 saturated carbocycles. The number of hydrogen-bond donors (Lipinski definition) is 3. The monoisotopic (exact) mass is 356 g/mol. The number of aliphatic hydroxyl groups is 1. The first kappa shape index (κ1) is 17.0. The summed E-state index contributed by atoms with van der Waals surface area (Å²) >= 11 is 0. The van der Waals surface area contributed by atoms with Gasteiger partial charge in [-0.15, -0.1) is 0 Å². The zero-order valence-corrected chi connectivity index (χ0v) is 14.9. The average Bonchev–Trinajstić information content (AvgIpc) is 3.38. The van der Waals surface area contributed by atoms with Crippen LogP contribution in [-0.4, -0.2) is 61.8 Å². The molecule has 8 nitrogen and oxygen atoms in total. The summed E-state index contributed by atoms with van der Waals surface area (Å²) in [7, 11) is 0. The van der Waals surface area contributed by atoms with E-state index in [4.69, 9.17) is 9.97 Å². The van der Waals surface area contributed by atoms with Gasteiger partial charge in [-0.25, -0.2) is 9.97 Å². The van der Waals surface area contributed by atoms with E-state index in [1.807, 2.05) is 4.90 Å². The lowest BCUT2D eigenvalue weighted by molar-refractivity contribution is 0.0757. The molecule has 2 aromatic heterocycles. The molecule has 3 heterocycles. The average molecular weight is 356 g/mol. The third-order valence-corrected chi connectivity index (χ3v) is 4.89. The van der Waals surface area contributed by atoms with Crippen LogP contribution in [0, 0.1) is 0 Å². The summed E-state index contributed by atoms with van der Waals surface area (Å²) in [6.45, 7) is 3.44. The molecule has 3 N–H and O–H groups in total. The maximum absolute atomic E-state index is 12.6. The standard InChI is InChI=1S/C18H24N6O2/c1-11(25)10-19-17-13-5-8-24(18(26)15-4-7-20-23-15)9-6-14(13)21-16(22-17)12-2-3-12/h4,7,11-12,25H,2-3,5-6,8-10H2,1H3,(H,20,23)(H,19,21,22). The van der Waals surface area contributed by atoms with Crippen LogP contribution in [0.1, 0.15) is 53.3 Å². The van der Waals surface area contributed by atoms with E-state index in [0.29, 0.717) is 44.1 Å². The number of hydrogen-bond acceptors (Lipinski definition) is 6. The maximum Gasteiger partial charge on any atom is 0.271 e. The van der Waals surface area contributed by atoms with E-state index < -0.39 is 6.10 Å². The maximum atomic E-state index is 12.6. The van der Waals surface area contributed by atoms with Gasteiger partial charge in [0.1, 0.15) is 17.3 Å². The molecular weight excluding hydrogens is 332 g/mol. The first-order valence-corrected chi connectivity index (χ1v) is 9.22. The molecule has 1 aliphatic heterocycles. The van der Waals surface area contributed by atoms with Gasteiger partial charge in [0.25, 0.3) is 5.91 Å². The number of carbonyl (C=O) groups excluding carboxylic acids is 1. The smallest absolute Gasteiger partial charge is 0.271 e. The molecule has 1 amide bonds.